The Labute approximate surface area is 116 Å². The van der Waals surface area contributed by atoms with Gasteiger partial charge >= 0.3 is 0 Å². The van der Waals surface area contributed by atoms with Gasteiger partial charge in [0.1, 0.15) is 0 Å². The highest BCUT2D eigenvalue weighted by molar-refractivity contribution is 5.86. The number of fused-ring (bicyclic) bond motifs is 1. The number of hydrogen-bond donors (Lipinski definition) is 1. The molecule has 0 radical (unpaired) electrons. The number of rotatable bonds is 3. The van der Waals surface area contributed by atoms with Crippen molar-refractivity contribution in [1.29, 1.82) is 0 Å². The number of nitrogens with two attached hydrogens (primary N) is 1. The summed E-state index contributed by atoms with van der Waals surface area (Å²) in [7, 11) is 0. The van der Waals surface area contributed by atoms with Crippen molar-refractivity contribution in [2.24, 2.45) is 11.1 Å². The standard InChI is InChI=1S/C17H24N2/c1-11-6-7-15-14(9-17(4,5)10-18)8-12(2)19-16(15)13(11)3/h6-8H,9-10,18H2,1-5H3. The molecule has 2 rings (SSSR count). The lowest BCUT2D eigenvalue weighted by Crippen LogP contribution is -2.26. The van der Waals surface area contributed by atoms with Gasteiger partial charge < -0.3 is 5.73 Å². The lowest BCUT2D eigenvalue weighted by molar-refractivity contribution is 0.378. The number of pyridine rings is 1. The number of nitrogens with zero attached hydrogens (tertiary/aromatic N) is 1. The summed E-state index contributed by atoms with van der Waals surface area (Å²) in [5.74, 6) is 0. The second kappa shape index (κ2) is 4.93. The van der Waals surface area contributed by atoms with Crippen molar-refractivity contribution in [3.8, 4) is 0 Å². The predicted molar refractivity (Wildman–Crippen MR) is 82.5 cm³/mol. The molecule has 0 aliphatic heterocycles. The molecule has 0 saturated carbocycles. The summed E-state index contributed by atoms with van der Waals surface area (Å²) >= 11 is 0. The molecule has 0 aliphatic rings. The Morgan fingerprint density at radius 1 is 1.16 bits per heavy atom. The topological polar surface area (TPSA) is 38.9 Å². The maximum atomic E-state index is 5.87. The molecule has 1 aromatic heterocycles. The average molecular weight is 256 g/mol. The van der Waals surface area contributed by atoms with Gasteiger partial charge in [0.2, 0.25) is 0 Å². The van der Waals surface area contributed by atoms with Crippen molar-refractivity contribution >= 4 is 10.9 Å². The van der Waals surface area contributed by atoms with Crippen LogP contribution in [0.2, 0.25) is 0 Å². The molecule has 19 heavy (non-hydrogen) atoms. The van der Waals surface area contributed by atoms with E-state index >= 15 is 0 Å². The second-order valence-electron chi connectivity index (χ2n) is 6.37. The van der Waals surface area contributed by atoms with Crippen LogP contribution in [0.15, 0.2) is 18.2 Å². The van der Waals surface area contributed by atoms with E-state index in [9.17, 15) is 0 Å². The van der Waals surface area contributed by atoms with Crippen molar-refractivity contribution in [2.75, 3.05) is 6.54 Å². The Hall–Kier alpha value is -1.41. The van der Waals surface area contributed by atoms with Crippen LogP contribution >= 0.6 is 0 Å². The lowest BCUT2D eigenvalue weighted by Gasteiger charge is -2.23. The van der Waals surface area contributed by atoms with Crippen LogP contribution < -0.4 is 5.73 Å². The van der Waals surface area contributed by atoms with Crippen molar-refractivity contribution in [3.05, 3.63) is 40.6 Å². The molecule has 2 heteroatoms. The molecular weight excluding hydrogens is 232 g/mol. The third-order valence-electron chi connectivity index (χ3n) is 3.94. The molecule has 0 unspecified atom stereocenters. The Morgan fingerprint density at radius 3 is 2.47 bits per heavy atom. The monoisotopic (exact) mass is 256 g/mol. The molecule has 0 saturated heterocycles. The molecule has 2 N–H and O–H groups in total. The van der Waals surface area contributed by atoms with Crippen LogP contribution in [0, 0.1) is 26.2 Å². The normalized spacial score (nSPS) is 12.1. The summed E-state index contributed by atoms with van der Waals surface area (Å²) in [6.07, 6.45) is 0.992. The highest BCUT2D eigenvalue weighted by atomic mass is 14.7. The van der Waals surface area contributed by atoms with Gasteiger partial charge in [-0.2, -0.15) is 0 Å². The van der Waals surface area contributed by atoms with Crippen molar-refractivity contribution in [2.45, 2.75) is 41.0 Å². The van der Waals surface area contributed by atoms with E-state index in [-0.39, 0.29) is 5.41 Å². The number of aryl methyl sites for hydroxylation is 3. The summed E-state index contributed by atoms with van der Waals surface area (Å²) in [5.41, 5.74) is 12.2. The molecule has 2 aromatic rings. The van der Waals surface area contributed by atoms with E-state index in [4.69, 9.17) is 10.7 Å². The van der Waals surface area contributed by atoms with E-state index in [0.29, 0.717) is 6.54 Å². The van der Waals surface area contributed by atoms with Gasteiger partial charge in [-0.05, 0) is 61.9 Å². The Bertz CT molecular complexity index is 612. The van der Waals surface area contributed by atoms with Gasteiger partial charge in [-0.3, -0.25) is 4.98 Å². The SMILES string of the molecule is Cc1cc(CC(C)(C)CN)c2ccc(C)c(C)c2n1. The summed E-state index contributed by atoms with van der Waals surface area (Å²) in [5, 5.41) is 1.27. The van der Waals surface area contributed by atoms with E-state index in [0.717, 1.165) is 17.6 Å². The maximum Gasteiger partial charge on any atom is 0.0739 e. The van der Waals surface area contributed by atoms with E-state index in [1.807, 2.05) is 0 Å². The molecule has 0 bridgehead atoms. The van der Waals surface area contributed by atoms with Gasteiger partial charge in [0.25, 0.3) is 0 Å². The van der Waals surface area contributed by atoms with E-state index in [1.54, 1.807) is 0 Å². The fraction of sp³-hybridized carbons (Fsp3) is 0.471. The van der Waals surface area contributed by atoms with Gasteiger partial charge in [-0.15, -0.1) is 0 Å². The van der Waals surface area contributed by atoms with Gasteiger partial charge in [0, 0.05) is 11.1 Å². The van der Waals surface area contributed by atoms with Crippen molar-refractivity contribution in [1.82, 2.24) is 4.98 Å². The zero-order valence-electron chi connectivity index (χ0n) is 12.7. The quantitative estimate of drug-likeness (QED) is 0.909. The smallest absolute Gasteiger partial charge is 0.0739 e. The maximum absolute atomic E-state index is 5.87. The summed E-state index contributed by atoms with van der Waals surface area (Å²) in [4.78, 5) is 4.72. The zero-order chi connectivity index (χ0) is 14.2. The fourth-order valence-electron chi connectivity index (χ4n) is 2.48. The fourth-order valence-corrected chi connectivity index (χ4v) is 2.48. The number of benzene rings is 1. The van der Waals surface area contributed by atoms with Gasteiger partial charge in [0.05, 0.1) is 5.52 Å². The van der Waals surface area contributed by atoms with Crippen LogP contribution in [0.4, 0.5) is 0 Å². The molecule has 0 atom stereocenters. The first-order chi connectivity index (χ1) is 8.84. The Kier molecular flexibility index (Phi) is 3.64. The van der Waals surface area contributed by atoms with Crippen molar-refractivity contribution in [3.63, 3.8) is 0 Å². The van der Waals surface area contributed by atoms with E-state index < -0.39 is 0 Å². The second-order valence-corrected chi connectivity index (χ2v) is 6.37. The van der Waals surface area contributed by atoms with Gasteiger partial charge in [-0.25, -0.2) is 0 Å². The molecule has 0 spiro atoms. The van der Waals surface area contributed by atoms with Crippen LogP contribution in [0.5, 0.6) is 0 Å². The van der Waals surface area contributed by atoms with E-state index in [2.05, 4.69) is 52.8 Å². The minimum Gasteiger partial charge on any atom is -0.330 e. The highest BCUT2D eigenvalue weighted by Crippen LogP contribution is 2.28. The highest BCUT2D eigenvalue weighted by Gasteiger charge is 2.18. The van der Waals surface area contributed by atoms with Crippen molar-refractivity contribution < 1.29 is 0 Å². The minimum atomic E-state index is 0.125. The summed E-state index contributed by atoms with van der Waals surface area (Å²) < 4.78 is 0. The molecule has 0 aliphatic carbocycles. The molecular formula is C17H24N2. The third kappa shape index (κ3) is 2.79. The van der Waals surface area contributed by atoms with Crippen LogP contribution in [0.1, 0.15) is 36.2 Å². The van der Waals surface area contributed by atoms with Crippen LogP contribution in [-0.2, 0) is 6.42 Å². The molecule has 0 fully saturated rings. The first-order valence-electron chi connectivity index (χ1n) is 6.90. The first kappa shape index (κ1) is 14.0. The third-order valence-corrected chi connectivity index (χ3v) is 3.94. The number of aromatic nitrogens is 1. The Morgan fingerprint density at radius 2 is 1.84 bits per heavy atom. The van der Waals surface area contributed by atoms with Crippen LogP contribution in [0.25, 0.3) is 10.9 Å². The average Bonchev–Trinajstić information content (AvgIpc) is 2.34. The molecule has 102 valence electrons. The van der Waals surface area contributed by atoms with Gasteiger partial charge in [-0.1, -0.05) is 26.0 Å². The van der Waals surface area contributed by atoms with Gasteiger partial charge in [0.15, 0.2) is 0 Å². The summed E-state index contributed by atoms with van der Waals surface area (Å²) in [6, 6.07) is 6.59. The Balaban J connectivity index is 2.65. The zero-order valence-corrected chi connectivity index (χ0v) is 12.7. The molecule has 1 aromatic carbocycles. The first-order valence-corrected chi connectivity index (χ1v) is 6.90. The summed E-state index contributed by atoms with van der Waals surface area (Å²) in [6.45, 7) is 11.5. The van der Waals surface area contributed by atoms with Crippen LogP contribution in [0.3, 0.4) is 0 Å². The lowest BCUT2D eigenvalue weighted by atomic mass is 9.84. The number of hydrogen-bond acceptors (Lipinski definition) is 2. The van der Waals surface area contributed by atoms with E-state index in [1.165, 1.54) is 22.1 Å². The largest absolute Gasteiger partial charge is 0.330 e. The van der Waals surface area contributed by atoms with Crippen LogP contribution in [-0.4, -0.2) is 11.5 Å². The molecule has 1 heterocycles. The minimum absolute atomic E-state index is 0.125. The molecule has 2 nitrogen and oxygen atoms in total. The molecule has 0 amide bonds. The predicted octanol–water partition coefficient (Wildman–Crippen LogP) is 3.69.